The van der Waals surface area contributed by atoms with Crippen molar-refractivity contribution in [2.45, 2.75) is 32.2 Å². The van der Waals surface area contributed by atoms with Crippen LogP contribution in [0.25, 0.3) is 0 Å². The Morgan fingerprint density at radius 3 is 2.68 bits per heavy atom. The van der Waals surface area contributed by atoms with Crippen LogP contribution >= 0.6 is 0 Å². The molecule has 0 saturated heterocycles. The maximum Gasteiger partial charge on any atom is 0.255 e. The van der Waals surface area contributed by atoms with Crippen LogP contribution in [0.5, 0.6) is 11.5 Å². The Bertz CT molecular complexity index is 1140. The molecular weight excluding hydrogens is 488 g/mol. The molecule has 1 aliphatic rings. The van der Waals surface area contributed by atoms with Crippen LogP contribution in [-0.2, 0) is 20.8 Å². The SMILES string of the molecule is CCN1CCOc2ccccc2C(=O)N[C@H](C(=O)NCCCc2cccc(OC)c2)CC(=O)N(C)CC1=O. The number of fused-ring (bicyclic) bond motifs is 1. The summed E-state index contributed by atoms with van der Waals surface area (Å²) in [5.41, 5.74) is 1.32. The van der Waals surface area contributed by atoms with Crippen molar-refractivity contribution in [2.24, 2.45) is 0 Å². The van der Waals surface area contributed by atoms with Crippen molar-refractivity contribution in [3.63, 3.8) is 0 Å². The van der Waals surface area contributed by atoms with Gasteiger partial charge >= 0.3 is 0 Å². The lowest BCUT2D eigenvalue weighted by atomic mass is 10.1. The molecule has 0 unspecified atom stereocenters. The highest BCUT2D eigenvalue weighted by molar-refractivity contribution is 6.00. The van der Waals surface area contributed by atoms with Gasteiger partial charge in [0.05, 0.1) is 32.2 Å². The lowest BCUT2D eigenvalue weighted by Crippen LogP contribution is -2.50. The summed E-state index contributed by atoms with van der Waals surface area (Å²) in [5, 5.41) is 5.52. The average Bonchev–Trinajstić information content (AvgIpc) is 2.92. The minimum absolute atomic E-state index is 0.133. The van der Waals surface area contributed by atoms with Gasteiger partial charge in [0.25, 0.3) is 5.91 Å². The molecule has 4 amide bonds. The van der Waals surface area contributed by atoms with Gasteiger partial charge in [0, 0.05) is 20.1 Å². The van der Waals surface area contributed by atoms with Crippen LogP contribution in [-0.4, -0.2) is 86.4 Å². The highest BCUT2D eigenvalue weighted by Crippen LogP contribution is 2.19. The Labute approximate surface area is 223 Å². The number of aryl methyl sites for hydroxylation is 1. The second-order valence-corrected chi connectivity index (χ2v) is 9.04. The standard InChI is InChI=1S/C28H36N4O6/c1-4-32-15-16-38-24-13-6-5-12-22(24)27(35)30-23(18-25(33)31(2)19-26(32)34)28(36)29-14-8-10-20-9-7-11-21(17-20)37-3/h5-7,9,11-13,17,23H,4,8,10,14-16,18-19H2,1-3H3,(H,29,36)(H,30,35)/t23-/m0/s1. The van der Waals surface area contributed by atoms with Crippen molar-refractivity contribution in [3.8, 4) is 11.5 Å². The number of amides is 4. The number of ether oxygens (including phenoxy) is 2. The number of hydrogen-bond acceptors (Lipinski definition) is 6. The summed E-state index contributed by atoms with van der Waals surface area (Å²) in [6.45, 7) is 3.01. The van der Waals surface area contributed by atoms with E-state index >= 15 is 0 Å². The van der Waals surface area contributed by atoms with Gasteiger partial charge in [0.1, 0.15) is 24.1 Å². The van der Waals surface area contributed by atoms with E-state index < -0.39 is 23.8 Å². The third-order valence-electron chi connectivity index (χ3n) is 6.36. The molecule has 38 heavy (non-hydrogen) atoms. The molecule has 10 nitrogen and oxygen atoms in total. The van der Waals surface area contributed by atoms with E-state index in [-0.39, 0.29) is 31.0 Å². The second-order valence-electron chi connectivity index (χ2n) is 9.04. The molecule has 10 heteroatoms. The number of rotatable bonds is 7. The fourth-order valence-electron chi connectivity index (χ4n) is 4.13. The van der Waals surface area contributed by atoms with Gasteiger partial charge in [-0.2, -0.15) is 0 Å². The molecule has 0 spiro atoms. The van der Waals surface area contributed by atoms with E-state index in [0.29, 0.717) is 31.8 Å². The fourth-order valence-corrected chi connectivity index (χ4v) is 4.13. The molecule has 0 bridgehead atoms. The van der Waals surface area contributed by atoms with Gasteiger partial charge in [-0.15, -0.1) is 0 Å². The van der Waals surface area contributed by atoms with Crippen LogP contribution in [0.15, 0.2) is 48.5 Å². The summed E-state index contributed by atoms with van der Waals surface area (Å²) in [6, 6.07) is 13.3. The fraction of sp³-hybridized carbons (Fsp3) is 0.429. The highest BCUT2D eigenvalue weighted by atomic mass is 16.5. The average molecular weight is 525 g/mol. The van der Waals surface area contributed by atoms with Crippen LogP contribution in [0.4, 0.5) is 0 Å². The highest BCUT2D eigenvalue weighted by Gasteiger charge is 2.28. The minimum Gasteiger partial charge on any atom is -0.497 e. The first-order chi connectivity index (χ1) is 18.3. The molecule has 204 valence electrons. The summed E-state index contributed by atoms with van der Waals surface area (Å²) in [4.78, 5) is 54.8. The van der Waals surface area contributed by atoms with Crippen LogP contribution in [0.2, 0.25) is 0 Å². The lowest BCUT2D eigenvalue weighted by Gasteiger charge is -2.27. The number of nitrogens with zero attached hydrogens (tertiary/aromatic N) is 2. The molecule has 0 radical (unpaired) electrons. The van der Waals surface area contributed by atoms with Crippen molar-refractivity contribution >= 4 is 23.6 Å². The molecule has 0 fully saturated rings. The predicted molar refractivity (Wildman–Crippen MR) is 142 cm³/mol. The van der Waals surface area contributed by atoms with Crippen molar-refractivity contribution in [2.75, 3.05) is 46.9 Å². The molecular formula is C28H36N4O6. The molecule has 2 aromatic rings. The number of carbonyl (C=O) groups is 4. The molecule has 1 atom stereocenters. The van der Waals surface area contributed by atoms with E-state index in [1.165, 1.54) is 11.9 Å². The Balaban J connectivity index is 1.73. The van der Waals surface area contributed by atoms with E-state index in [0.717, 1.165) is 17.7 Å². The maximum absolute atomic E-state index is 13.2. The Morgan fingerprint density at radius 2 is 1.92 bits per heavy atom. The summed E-state index contributed by atoms with van der Waals surface area (Å²) >= 11 is 0. The zero-order chi connectivity index (χ0) is 27.5. The smallest absolute Gasteiger partial charge is 0.255 e. The molecule has 2 aromatic carbocycles. The second kappa shape index (κ2) is 14.0. The zero-order valence-corrected chi connectivity index (χ0v) is 22.2. The Kier molecular flexibility index (Phi) is 10.5. The third-order valence-corrected chi connectivity index (χ3v) is 6.36. The zero-order valence-electron chi connectivity index (χ0n) is 22.2. The number of carbonyl (C=O) groups excluding carboxylic acids is 4. The number of benzene rings is 2. The molecule has 2 N–H and O–H groups in total. The van der Waals surface area contributed by atoms with Gasteiger partial charge < -0.3 is 29.9 Å². The van der Waals surface area contributed by atoms with Crippen molar-refractivity contribution in [1.82, 2.24) is 20.4 Å². The topological polar surface area (TPSA) is 117 Å². The molecule has 1 heterocycles. The molecule has 0 saturated carbocycles. The first kappa shape index (κ1) is 28.5. The van der Waals surface area contributed by atoms with E-state index in [9.17, 15) is 19.2 Å². The van der Waals surface area contributed by atoms with E-state index in [1.54, 1.807) is 36.3 Å². The van der Waals surface area contributed by atoms with Crippen molar-refractivity contribution in [3.05, 3.63) is 59.7 Å². The van der Waals surface area contributed by atoms with Crippen LogP contribution in [0, 0.1) is 0 Å². The monoisotopic (exact) mass is 524 g/mol. The van der Waals surface area contributed by atoms with Crippen LogP contribution in [0.1, 0.15) is 35.7 Å². The normalized spacial score (nSPS) is 17.1. The van der Waals surface area contributed by atoms with Gasteiger partial charge in [-0.05, 0) is 49.6 Å². The third kappa shape index (κ3) is 7.96. The van der Waals surface area contributed by atoms with Crippen molar-refractivity contribution < 1.29 is 28.7 Å². The van der Waals surface area contributed by atoms with Crippen LogP contribution < -0.4 is 20.1 Å². The maximum atomic E-state index is 13.2. The van der Waals surface area contributed by atoms with E-state index in [4.69, 9.17) is 9.47 Å². The number of nitrogens with one attached hydrogen (secondary N) is 2. The minimum atomic E-state index is -1.12. The molecule has 0 aliphatic carbocycles. The van der Waals surface area contributed by atoms with Gasteiger partial charge in [-0.3, -0.25) is 19.2 Å². The quantitative estimate of drug-likeness (QED) is 0.532. The Morgan fingerprint density at radius 1 is 1.13 bits per heavy atom. The summed E-state index contributed by atoms with van der Waals surface area (Å²) in [5.74, 6) is -0.536. The molecule has 1 aliphatic heterocycles. The van der Waals surface area contributed by atoms with Crippen molar-refractivity contribution in [1.29, 1.82) is 0 Å². The van der Waals surface area contributed by atoms with Gasteiger partial charge in [-0.25, -0.2) is 0 Å². The van der Waals surface area contributed by atoms with Gasteiger partial charge in [0.2, 0.25) is 17.7 Å². The first-order valence-electron chi connectivity index (χ1n) is 12.8. The van der Waals surface area contributed by atoms with E-state index in [2.05, 4.69) is 10.6 Å². The largest absolute Gasteiger partial charge is 0.497 e. The van der Waals surface area contributed by atoms with E-state index in [1.807, 2.05) is 31.2 Å². The number of hydrogen-bond donors (Lipinski definition) is 2. The number of likely N-dealkylation sites (N-methyl/N-ethyl adjacent to an activating group) is 2. The van der Waals surface area contributed by atoms with Gasteiger partial charge in [-0.1, -0.05) is 24.3 Å². The summed E-state index contributed by atoms with van der Waals surface area (Å²) < 4.78 is 11.1. The summed E-state index contributed by atoms with van der Waals surface area (Å²) in [7, 11) is 3.12. The van der Waals surface area contributed by atoms with Gasteiger partial charge in [0.15, 0.2) is 0 Å². The molecule has 0 aromatic heterocycles. The first-order valence-corrected chi connectivity index (χ1v) is 12.8. The molecule has 3 rings (SSSR count). The number of para-hydroxylation sites is 1. The summed E-state index contributed by atoms with van der Waals surface area (Å²) in [6.07, 6.45) is 1.09. The predicted octanol–water partition coefficient (Wildman–Crippen LogP) is 1.63. The number of methoxy groups -OCH3 is 1. The van der Waals surface area contributed by atoms with Crippen LogP contribution in [0.3, 0.4) is 0 Å². The lowest BCUT2D eigenvalue weighted by molar-refractivity contribution is -0.140. The Hall–Kier alpha value is -4.08.